The maximum atomic E-state index is 12.1. The van der Waals surface area contributed by atoms with Crippen LogP contribution in [0.3, 0.4) is 0 Å². The molecule has 1 atom stereocenters. The molecule has 2 heterocycles. The van der Waals surface area contributed by atoms with Gasteiger partial charge in [0.1, 0.15) is 0 Å². The molecule has 1 amide bonds. The van der Waals surface area contributed by atoms with Crippen LogP contribution in [-0.4, -0.2) is 63.2 Å². The molecule has 0 radical (unpaired) electrons. The Labute approximate surface area is 182 Å². The summed E-state index contributed by atoms with van der Waals surface area (Å²) in [6.07, 6.45) is 4.29. The minimum absolute atomic E-state index is 0. The molecule has 0 spiro atoms. The van der Waals surface area contributed by atoms with Gasteiger partial charge in [-0.15, -0.1) is 24.8 Å². The van der Waals surface area contributed by atoms with Crippen LogP contribution in [0.5, 0.6) is 0 Å². The van der Waals surface area contributed by atoms with Crippen LogP contribution in [0.4, 0.5) is 5.69 Å². The summed E-state index contributed by atoms with van der Waals surface area (Å²) in [5.74, 6) is 0.939. The zero-order chi connectivity index (χ0) is 18.2. The molecule has 2 N–H and O–H groups in total. The maximum absolute atomic E-state index is 12.1. The number of aryl methyl sites for hydroxylation is 1. The maximum Gasteiger partial charge on any atom is 0.221 e. The fourth-order valence-electron chi connectivity index (χ4n) is 3.99. The van der Waals surface area contributed by atoms with Gasteiger partial charge >= 0.3 is 0 Å². The van der Waals surface area contributed by atoms with Crippen LogP contribution in [0, 0.1) is 12.8 Å². The van der Waals surface area contributed by atoms with Gasteiger partial charge in [0.15, 0.2) is 0 Å². The van der Waals surface area contributed by atoms with Gasteiger partial charge in [0.25, 0.3) is 0 Å². The topological polar surface area (TPSA) is 47.6 Å². The zero-order valence-electron chi connectivity index (χ0n) is 17.0. The largest absolute Gasteiger partial charge is 0.369 e. The Balaban J connectivity index is 0.00000196. The number of carbonyl (C=O) groups is 1. The van der Waals surface area contributed by atoms with E-state index in [-0.39, 0.29) is 30.7 Å². The predicted octanol–water partition coefficient (Wildman–Crippen LogP) is 2.86. The van der Waals surface area contributed by atoms with Crippen molar-refractivity contribution in [3.05, 3.63) is 29.8 Å². The lowest BCUT2D eigenvalue weighted by molar-refractivity contribution is -0.121. The van der Waals surface area contributed by atoms with Crippen LogP contribution >= 0.6 is 24.8 Å². The summed E-state index contributed by atoms with van der Waals surface area (Å²) in [6.45, 7) is 10.3. The average Bonchev–Trinajstić information content (AvgIpc) is 2.68. The van der Waals surface area contributed by atoms with E-state index in [4.69, 9.17) is 0 Å². The van der Waals surface area contributed by atoms with Crippen molar-refractivity contribution in [2.75, 3.05) is 57.3 Å². The van der Waals surface area contributed by atoms with E-state index in [1.807, 2.05) is 0 Å². The number of hydrogen-bond donors (Lipinski definition) is 2. The quantitative estimate of drug-likeness (QED) is 0.697. The van der Waals surface area contributed by atoms with Crippen LogP contribution in [-0.2, 0) is 4.79 Å². The highest BCUT2D eigenvalue weighted by molar-refractivity contribution is 5.85. The molecule has 28 heavy (non-hydrogen) atoms. The van der Waals surface area contributed by atoms with Crippen molar-refractivity contribution >= 4 is 36.4 Å². The van der Waals surface area contributed by atoms with E-state index < -0.39 is 0 Å². The molecule has 0 bridgehead atoms. The molecule has 1 aromatic rings. The third-order valence-electron chi connectivity index (χ3n) is 5.67. The minimum Gasteiger partial charge on any atom is -0.369 e. The van der Waals surface area contributed by atoms with Gasteiger partial charge in [-0.05, 0) is 62.9 Å². The third-order valence-corrected chi connectivity index (χ3v) is 5.67. The first-order valence-corrected chi connectivity index (χ1v) is 10.2. The molecule has 3 rings (SSSR count). The standard InChI is InChI=1S/C21H34N4O.2ClH/c1-18-4-2-6-20(16-18)25-14-12-24(13-15-25)11-8-21(26)23-10-7-19-5-3-9-22-17-19;;/h2,4,6,16,19,22H,3,5,7-15,17H2,1H3,(H,23,26);2*1H. The van der Waals surface area contributed by atoms with E-state index in [0.29, 0.717) is 6.42 Å². The number of halogens is 2. The fourth-order valence-corrected chi connectivity index (χ4v) is 3.99. The number of rotatable bonds is 7. The summed E-state index contributed by atoms with van der Waals surface area (Å²) in [5, 5.41) is 6.54. The first kappa shape index (κ1) is 25.0. The van der Waals surface area contributed by atoms with E-state index >= 15 is 0 Å². The average molecular weight is 431 g/mol. The molecule has 2 aliphatic rings. The van der Waals surface area contributed by atoms with Crippen molar-refractivity contribution in [1.29, 1.82) is 0 Å². The molecule has 160 valence electrons. The second-order valence-electron chi connectivity index (χ2n) is 7.77. The summed E-state index contributed by atoms with van der Waals surface area (Å²) < 4.78 is 0. The molecule has 0 saturated carbocycles. The van der Waals surface area contributed by atoms with Crippen LogP contribution < -0.4 is 15.5 Å². The van der Waals surface area contributed by atoms with Crippen molar-refractivity contribution < 1.29 is 4.79 Å². The van der Waals surface area contributed by atoms with Crippen LogP contribution in [0.2, 0.25) is 0 Å². The number of benzene rings is 1. The number of nitrogens with zero attached hydrogens (tertiary/aromatic N) is 2. The number of nitrogens with one attached hydrogen (secondary N) is 2. The second-order valence-corrected chi connectivity index (χ2v) is 7.77. The molecule has 0 aliphatic carbocycles. The lowest BCUT2D eigenvalue weighted by Crippen LogP contribution is -2.47. The first-order chi connectivity index (χ1) is 12.7. The summed E-state index contributed by atoms with van der Waals surface area (Å²) in [5.41, 5.74) is 2.63. The normalized spacial score (nSPS) is 20.0. The number of piperidine rings is 1. The molecule has 1 unspecified atom stereocenters. The highest BCUT2D eigenvalue weighted by atomic mass is 35.5. The smallest absolute Gasteiger partial charge is 0.221 e. The van der Waals surface area contributed by atoms with Gasteiger partial charge < -0.3 is 15.5 Å². The van der Waals surface area contributed by atoms with E-state index in [0.717, 1.165) is 64.7 Å². The Morgan fingerprint density at radius 1 is 1.21 bits per heavy atom. The van der Waals surface area contributed by atoms with E-state index in [2.05, 4.69) is 51.6 Å². The van der Waals surface area contributed by atoms with Crippen molar-refractivity contribution in [2.45, 2.75) is 32.6 Å². The van der Waals surface area contributed by atoms with Crippen LogP contribution in [0.15, 0.2) is 24.3 Å². The molecular formula is C21H36Cl2N4O. The van der Waals surface area contributed by atoms with Crippen molar-refractivity contribution in [3.8, 4) is 0 Å². The highest BCUT2D eigenvalue weighted by Gasteiger charge is 2.18. The number of carbonyl (C=O) groups excluding carboxylic acids is 1. The molecule has 7 heteroatoms. The summed E-state index contributed by atoms with van der Waals surface area (Å²) >= 11 is 0. The van der Waals surface area contributed by atoms with E-state index in [9.17, 15) is 4.79 Å². The van der Waals surface area contributed by atoms with Gasteiger partial charge in [0.05, 0.1) is 0 Å². The third kappa shape index (κ3) is 8.16. The predicted molar refractivity (Wildman–Crippen MR) is 122 cm³/mol. The number of hydrogen-bond acceptors (Lipinski definition) is 4. The molecule has 5 nitrogen and oxygen atoms in total. The van der Waals surface area contributed by atoms with Crippen molar-refractivity contribution in [3.63, 3.8) is 0 Å². The van der Waals surface area contributed by atoms with Crippen LogP contribution in [0.25, 0.3) is 0 Å². The lowest BCUT2D eigenvalue weighted by Gasteiger charge is -2.36. The highest BCUT2D eigenvalue weighted by Crippen LogP contribution is 2.18. The molecular weight excluding hydrogens is 395 g/mol. The number of anilines is 1. The zero-order valence-corrected chi connectivity index (χ0v) is 18.6. The Kier molecular flexibility index (Phi) is 11.8. The van der Waals surface area contributed by atoms with Gasteiger partial charge in [-0.2, -0.15) is 0 Å². The molecule has 0 aromatic heterocycles. The Morgan fingerprint density at radius 3 is 2.68 bits per heavy atom. The number of amides is 1. The second kappa shape index (κ2) is 13.3. The van der Waals surface area contributed by atoms with Gasteiger partial charge in [0, 0.05) is 51.4 Å². The Hall–Kier alpha value is -1.01. The molecule has 2 aliphatic heterocycles. The fraction of sp³-hybridized carbons (Fsp3) is 0.667. The van der Waals surface area contributed by atoms with Crippen molar-refractivity contribution in [2.24, 2.45) is 5.92 Å². The molecule has 2 saturated heterocycles. The van der Waals surface area contributed by atoms with Crippen molar-refractivity contribution in [1.82, 2.24) is 15.5 Å². The van der Waals surface area contributed by atoms with Gasteiger partial charge in [0.2, 0.25) is 5.91 Å². The minimum atomic E-state index is 0. The summed E-state index contributed by atoms with van der Waals surface area (Å²) in [4.78, 5) is 16.9. The van der Waals surface area contributed by atoms with Gasteiger partial charge in [-0.1, -0.05) is 12.1 Å². The summed E-state index contributed by atoms with van der Waals surface area (Å²) in [6, 6.07) is 8.72. The SMILES string of the molecule is Cc1cccc(N2CCN(CCC(=O)NCCC3CCCNC3)CC2)c1.Cl.Cl. The monoisotopic (exact) mass is 430 g/mol. The Bertz CT molecular complexity index is 573. The lowest BCUT2D eigenvalue weighted by atomic mass is 9.96. The Morgan fingerprint density at radius 2 is 2.00 bits per heavy atom. The van der Waals surface area contributed by atoms with E-state index in [1.54, 1.807) is 0 Å². The molecule has 1 aromatic carbocycles. The van der Waals surface area contributed by atoms with E-state index in [1.165, 1.54) is 24.1 Å². The molecule has 2 fully saturated rings. The summed E-state index contributed by atoms with van der Waals surface area (Å²) in [7, 11) is 0. The van der Waals surface area contributed by atoms with Gasteiger partial charge in [-0.3, -0.25) is 9.69 Å². The number of piperazine rings is 1. The van der Waals surface area contributed by atoms with Crippen LogP contribution in [0.1, 0.15) is 31.2 Å². The first-order valence-electron chi connectivity index (χ1n) is 10.2. The van der Waals surface area contributed by atoms with Gasteiger partial charge in [-0.25, -0.2) is 0 Å².